The molecule has 1 fully saturated rings. The molecule has 0 aliphatic carbocycles. The lowest BCUT2D eigenvalue weighted by Crippen LogP contribution is -2.50. The number of hydrogen-bond acceptors (Lipinski definition) is 5. The van der Waals surface area contributed by atoms with Crippen LogP contribution >= 0.6 is 0 Å². The predicted molar refractivity (Wildman–Crippen MR) is 90.5 cm³/mol. The first-order valence-corrected chi connectivity index (χ1v) is 7.78. The SMILES string of the molecule is CC(=O)Nc1ccc2nc(CN3CC[C@@](N)(C(=O)O)C3)ccc2c1. The first-order chi connectivity index (χ1) is 11.4. The van der Waals surface area contributed by atoms with Crippen molar-refractivity contribution in [2.75, 3.05) is 18.4 Å². The lowest BCUT2D eigenvalue weighted by Gasteiger charge is -2.19. The molecule has 1 aliphatic rings. The topological polar surface area (TPSA) is 109 Å². The fraction of sp³-hybridized carbons (Fsp3) is 0.353. The van der Waals surface area contributed by atoms with E-state index in [-0.39, 0.29) is 5.91 Å². The second-order valence-electron chi connectivity index (χ2n) is 6.31. The Kier molecular flexibility index (Phi) is 4.21. The molecule has 0 radical (unpaired) electrons. The number of carboxylic acids is 1. The molecule has 1 atom stereocenters. The van der Waals surface area contributed by atoms with Crippen molar-refractivity contribution in [3.63, 3.8) is 0 Å². The molecule has 126 valence electrons. The highest BCUT2D eigenvalue weighted by Crippen LogP contribution is 2.22. The maximum Gasteiger partial charge on any atom is 0.325 e. The average molecular weight is 328 g/mol. The van der Waals surface area contributed by atoms with Crippen molar-refractivity contribution >= 4 is 28.5 Å². The Morgan fingerprint density at radius 3 is 2.83 bits per heavy atom. The summed E-state index contributed by atoms with van der Waals surface area (Å²) in [4.78, 5) is 28.9. The van der Waals surface area contributed by atoms with Gasteiger partial charge in [-0.05, 0) is 30.7 Å². The molecule has 1 aliphatic heterocycles. The number of aromatic nitrogens is 1. The van der Waals surface area contributed by atoms with Crippen LogP contribution in [-0.2, 0) is 16.1 Å². The molecular weight excluding hydrogens is 308 g/mol. The Bertz CT molecular complexity index is 808. The van der Waals surface area contributed by atoms with Crippen molar-refractivity contribution in [3.8, 4) is 0 Å². The van der Waals surface area contributed by atoms with E-state index in [2.05, 4.69) is 10.3 Å². The molecule has 1 amide bonds. The quantitative estimate of drug-likeness (QED) is 0.778. The molecule has 1 saturated heterocycles. The minimum atomic E-state index is -1.16. The molecule has 1 aromatic carbocycles. The van der Waals surface area contributed by atoms with E-state index in [1.54, 1.807) is 0 Å². The number of nitrogens with one attached hydrogen (secondary N) is 1. The highest BCUT2D eigenvalue weighted by atomic mass is 16.4. The van der Waals surface area contributed by atoms with E-state index in [1.165, 1.54) is 6.92 Å². The van der Waals surface area contributed by atoms with Crippen LogP contribution in [-0.4, -0.2) is 45.5 Å². The van der Waals surface area contributed by atoms with Crippen LogP contribution < -0.4 is 11.1 Å². The highest BCUT2D eigenvalue weighted by Gasteiger charge is 2.41. The number of carbonyl (C=O) groups is 2. The van der Waals surface area contributed by atoms with Gasteiger partial charge in [0.05, 0.1) is 11.2 Å². The zero-order valence-electron chi connectivity index (χ0n) is 13.5. The van der Waals surface area contributed by atoms with Crippen LogP contribution in [0.4, 0.5) is 5.69 Å². The van der Waals surface area contributed by atoms with Gasteiger partial charge in [0.15, 0.2) is 0 Å². The fourth-order valence-electron chi connectivity index (χ4n) is 2.99. The zero-order valence-corrected chi connectivity index (χ0v) is 13.5. The van der Waals surface area contributed by atoms with E-state index in [4.69, 9.17) is 5.73 Å². The van der Waals surface area contributed by atoms with E-state index in [9.17, 15) is 14.7 Å². The summed E-state index contributed by atoms with van der Waals surface area (Å²) >= 11 is 0. The van der Waals surface area contributed by atoms with Crippen LogP contribution in [0.2, 0.25) is 0 Å². The zero-order chi connectivity index (χ0) is 17.3. The summed E-state index contributed by atoms with van der Waals surface area (Å²) in [5, 5.41) is 12.9. The molecule has 0 bridgehead atoms. The fourth-order valence-corrected chi connectivity index (χ4v) is 2.99. The minimum Gasteiger partial charge on any atom is -0.480 e. The summed E-state index contributed by atoms with van der Waals surface area (Å²) in [5.41, 5.74) is 7.17. The van der Waals surface area contributed by atoms with Gasteiger partial charge in [0, 0.05) is 37.6 Å². The van der Waals surface area contributed by atoms with Crippen LogP contribution in [0, 0.1) is 0 Å². The summed E-state index contributed by atoms with van der Waals surface area (Å²) in [6.07, 6.45) is 0.440. The Morgan fingerprint density at radius 2 is 2.17 bits per heavy atom. The lowest BCUT2D eigenvalue weighted by atomic mass is 10.0. The summed E-state index contributed by atoms with van der Waals surface area (Å²) in [5.74, 6) is -1.07. The van der Waals surface area contributed by atoms with Crippen LogP contribution in [0.3, 0.4) is 0 Å². The number of carboxylic acid groups (broad SMARTS) is 1. The second kappa shape index (κ2) is 6.18. The molecule has 7 heteroatoms. The number of nitrogens with zero attached hydrogens (tertiary/aromatic N) is 2. The molecular formula is C17H20N4O3. The molecule has 1 aromatic heterocycles. The summed E-state index contributed by atoms with van der Waals surface area (Å²) in [6, 6.07) is 9.41. The number of hydrogen-bond donors (Lipinski definition) is 3. The number of aliphatic carboxylic acids is 1. The van der Waals surface area contributed by atoms with Crippen LogP contribution in [0.1, 0.15) is 19.0 Å². The molecule has 24 heavy (non-hydrogen) atoms. The molecule has 3 rings (SSSR count). The molecule has 7 nitrogen and oxygen atoms in total. The molecule has 0 saturated carbocycles. The van der Waals surface area contributed by atoms with E-state index < -0.39 is 11.5 Å². The third-order valence-corrected chi connectivity index (χ3v) is 4.26. The largest absolute Gasteiger partial charge is 0.480 e. The third-order valence-electron chi connectivity index (χ3n) is 4.26. The van der Waals surface area contributed by atoms with Crippen molar-refractivity contribution in [1.82, 2.24) is 9.88 Å². The number of benzene rings is 1. The van der Waals surface area contributed by atoms with Crippen LogP contribution in [0.25, 0.3) is 10.9 Å². The van der Waals surface area contributed by atoms with Gasteiger partial charge in [0.25, 0.3) is 0 Å². The van der Waals surface area contributed by atoms with Gasteiger partial charge < -0.3 is 16.2 Å². The van der Waals surface area contributed by atoms with Gasteiger partial charge in [-0.2, -0.15) is 0 Å². The van der Waals surface area contributed by atoms with Crippen molar-refractivity contribution < 1.29 is 14.7 Å². The van der Waals surface area contributed by atoms with E-state index in [0.717, 1.165) is 22.3 Å². The monoisotopic (exact) mass is 328 g/mol. The van der Waals surface area contributed by atoms with E-state index in [1.807, 2.05) is 35.2 Å². The summed E-state index contributed by atoms with van der Waals surface area (Å²) in [7, 11) is 0. The standard InChI is InChI=1S/C17H20N4O3/c1-11(22)19-13-4-5-15-12(8-13)2-3-14(20-15)9-21-7-6-17(18,10-21)16(23)24/h2-5,8H,6-7,9-10,18H2,1H3,(H,19,22)(H,23,24)/t17-/m0/s1. The number of carbonyl (C=O) groups excluding carboxylic acids is 1. The summed E-state index contributed by atoms with van der Waals surface area (Å²) < 4.78 is 0. The van der Waals surface area contributed by atoms with Gasteiger partial charge in [0.1, 0.15) is 5.54 Å². The average Bonchev–Trinajstić information content (AvgIpc) is 2.89. The van der Waals surface area contributed by atoms with E-state index >= 15 is 0 Å². The number of rotatable bonds is 4. The van der Waals surface area contributed by atoms with Crippen LogP contribution in [0.5, 0.6) is 0 Å². The molecule has 2 heterocycles. The van der Waals surface area contributed by atoms with E-state index in [0.29, 0.717) is 26.1 Å². The Balaban J connectivity index is 1.75. The molecule has 2 aromatic rings. The number of nitrogens with two attached hydrogens (primary N) is 1. The van der Waals surface area contributed by atoms with Gasteiger partial charge in [-0.3, -0.25) is 19.5 Å². The minimum absolute atomic E-state index is 0.114. The van der Waals surface area contributed by atoms with Gasteiger partial charge in [0.2, 0.25) is 5.91 Å². The number of amides is 1. The van der Waals surface area contributed by atoms with Crippen molar-refractivity contribution in [3.05, 3.63) is 36.0 Å². The van der Waals surface area contributed by atoms with Crippen LogP contribution in [0.15, 0.2) is 30.3 Å². The third kappa shape index (κ3) is 3.37. The number of anilines is 1. The molecule has 4 N–H and O–H groups in total. The molecule has 0 spiro atoms. The normalized spacial score (nSPS) is 21.1. The van der Waals surface area contributed by atoms with Crippen molar-refractivity contribution in [2.24, 2.45) is 5.73 Å². The maximum atomic E-state index is 11.2. The highest BCUT2D eigenvalue weighted by molar-refractivity contribution is 5.92. The number of pyridine rings is 1. The maximum absolute atomic E-state index is 11.2. The Morgan fingerprint density at radius 1 is 1.38 bits per heavy atom. The van der Waals surface area contributed by atoms with Gasteiger partial charge in [-0.25, -0.2) is 0 Å². The summed E-state index contributed by atoms with van der Waals surface area (Å²) in [6.45, 7) is 3.00. The van der Waals surface area contributed by atoms with Crippen molar-refractivity contribution in [2.45, 2.75) is 25.4 Å². The second-order valence-corrected chi connectivity index (χ2v) is 6.31. The number of likely N-dealkylation sites (tertiary alicyclic amines) is 1. The number of fused-ring (bicyclic) bond motifs is 1. The first-order valence-electron chi connectivity index (χ1n) is 7.78. The lowest BCUT2D eigenvalue weighted by molar-refractivity contribution is -0.142. The van der Waals surface area contributed by atoms with Crippen molar-refractivity contribution in [1.29, 1.82) is 0 Å². The predicted octanol–water partition coefficient (Wildman–Crippen LogP) is 1.18. The Labute approximate surface area is 139 Å². The van der Waals surface area contributed by atoms with Gasteiger partial charge >= 0.3 is 5.97 Å². The molecule has 0 unspecified atom stereocenters. The first kappa shape index (κ1) is 16.4. The van der Waals surface area contributed by atoms with Gasteiger partial charge in [-0.15, -0.1) is 0 Å². The Hall–Kier alpha value is -2.51. The van der Waals surface area contributed by atoms with Gasteiger partial charge in [-0.1, -0.05) is 6.07 Å². The smallest absolute Gasteiger partial charge is 0.325 e.